The van der Waals surface area contributed by atoms with Gasteiger partial charge < -0.3 is 9.32 Å². The molecule has 1 fully saturated rings. The lowest BCUT2D eigenvalue weighted by Crippen LogP contribution is -2.37. The van der Waals surface area contributed by atoms with Crippen LogP contribution < -0.4 is 0 Å². The van der Waals surface area contributed by atoms with E-state index in [-0.39, 0.29) is 5.91 Å². The predicted molar refractivity (Wildman–Crippen MR) is 78.6 cm³/mol. The molecule has 0 radical (unpaired) electrons. The van der Waals surface area contributed by atoms with Gasteiger partial charge in [-0.3, -0.25) is 4.79 Å². The summed E-state index contributed by atoms with van der Waals surface area (Å²) in [7, 11) is 1.84. The van der Waals surface area contributed by atoms with Crippen LogP contribution >= 0.6 is 15.9 Å². The summed E-state index contributed by atoms with van der Waals surface area (Å²) in [6, 6.07) is 9.52. The van der Waals surface area contributed by atoms with Crippen molar-refractivity contribution in [2.45, 2.75) is 17.7 Å². The first-order chi connectivity index (χ1) is 9.13. The van der Waals surface area contributed by atoms with Crippen molar-refractivity contribution in [2.24, 2.45) is 5.92 Å². The molecule has 3 rings (SSSR count). The van der Waals surface area contributed by atoms with Crippen molar-refractivity contribution in [3.05, 3.63) is 36.1 Å². The summed E-state index contributed by atoms with van der Waals surface area (Å²) in [4.78, 5) is 14.7. The molecular weight excluding hydrogens is 306 g/mol. The molecule has 1 aromatic heterocycles. The zero-order valence-corrected chi connectivity index (χ0v) is 12.4. The molecule has 100 valence electrons. The van der Waals surface area contributed by atoms with Crippen LogP contribution in [0.25, 0.3) is 11.0 Å². The van der Waals surface area contributed by atoms with Crippen LogP contribution in [0.5, 0.6) is 0 Å². The van der Waals surface area contributed by atoms with Gasteiger partial charge >= 0.3 is 0 Å². The molecule has 1 amide bonds. The largest absolute Gasteiger partial charge is 0.451 e. The van der Waals surface area contributed by atoms with Crippen LogP contribution in [0.2, 0.25) is 0 Å². The van der Waals surface area contributed by atoms with E-state index >= 15 is 0 Å². The maximum Gasteiger partial charge on any atom is 0.289 e. The Balaban J connectivity index is 1.71. The molecule has 0 atom stereocenters. The van der Waals surface area contributed by atoms with Crippen LogP contribution in [0.1, 0.15) is 23.4 Å². The molecule has 4 heteroatoms. The second kappa shape index (κ2) is 5.00. The fourth-order valence-corrected chi connectivity index (χ4v) is 3.61. The summed E-state index contributed by atoms with van der Waals surface area (Å²) in [5.41, 5.74) is 0.767. The van der Waals surface area contributed by atoms with E-state index in [4.69, 9.17) is 4.42 Å². The van der Waals surface area contributed by atoms with Crippen molar-refractivity contribution in [3.63, 3.8) is 0 Å². The zero-order valence-electron chi connectivity index (χ0n) is 10.8. The Labute approximate surface area is 120 Å². The van der Waals surface area contributed by atoms with E-state index in [0.29, 0.717) is 16.5 Å². The van der Waals surface area contributed by atoms with E-state index in [9.17, 15) is 4.79 Å². The summed E-state index contributed by atoms with van der Waals surface area (Å²) in [6.07, 6.45) is 2.30. The van der Waals surface area contributed by atoms with E-state index in [1.165, 1.54) is 0 Å². The van der Waals surface area contributed by atoms with Gasteiger partial charge in [-0.1, -0.05) is 34.1 Å². The second-order valence-corrected chi connectivity index (χ2v) is 6.56. The number of alkyl halides is 1. The number of halogens is 1. The molecule has 19 heavy (non-hydrogen) atoms. The molecule has 1 aliphatic rings. The number of para-hydroxylation sites is 1. The first-order valence-corrected chi connectivity index (χ1v) is 7.43. The number of hydrogen-bond donors (Lipinski definition) is 0. The lowest BCUT2D eigenvalue weighted by molar-refractivity contribution is 0.0719. The molecule has 0 unspecified atom stereocenters. The maximum atomic E-state index is 12.3. The van der Waals surface area contributed by atoms with Gasteiger partial charge in [0.1, 0.15) is 5.58 Å². The van der Waals surface area contributed by atoms with Gasteiger partial charge in [0.15, 0.2) is 5.76 Å². The highest BCUT2D eigenvalue weighted by Crippen LogP contribution is 2.33. The minimum absolute atomic E-state index is 0.0331. The fraction of sp³-hybridized carbons (Fsp3) is 0.400. The van der Waals surface area contributed by atoms with Gasteiger partial charge in [-0.15, -0.1) is 0 Å². The average molecular weight is 322 g/mol. The summed E-state index contributed by atoms with van der Waals surface area (Å²) in [5, 5.41) is 0.975. The summed E-state index contributed by atoms with van der Waals surface area (Å²) in [5.74, 6) is 1.01. The molecule has 1 heterocycles. The van der Waals surface area contributed by atoms with Gasteiger partial charge in [-0.05, 0) is 30.9 Å². The number of hydrogen-bond acceptors (Lipinski definition) is 2. The van der Waals surface area contributed by atoms with Gasteiger partial charge in [-0.2, -0.15) is 0 Å². The van der Waals surface area contributed by atoms with Crippen molar-refractivity contribution >= 4 is 32.8 Å². The molecule has 1 aliphatic carbocycles. The number of carbonyl (C=O) groups is 1. The molecule has 0 N–H and O–H groups in total. The Morgan fingerprint density at radius 1 is 1.42 bits per heavy atom. The minimum atomic E-state index is -0.0331. The van der Waals surface area contributed by atoms with E-state index in [0.717, 1.165) is 30.4 Å². The van der Waals surface area contributed by atoms with Crippen LogP contribution in [0.15, 0.2) is 34.7 Å². The first-order valence-electron chi connectivity index (χ1n) is 6.51. The topological polar surface area (TPSA) is 33.5 Å². The van der Waals surface area contributed by atoms with Crippen LogP contribution in [0, 0.1) is 5.92 Å². The zero-order chi connectivity index (χ0) is 13.4. The Hall–Kier alpha value is -1.29. The van der Waals surface area contributed by atoms with Crippen molar-refractivity contribution in [1.29, 1.82) is 0 Å². The van der Waals surface area contributed by atoms with E-state index in [2.05, 4.69) is 15.9 Å². The molecule has 3 nitrogen and oxygen atoms in total. The molecule has 0 aliphatic heterocycles. The standard InChI is InChI=1S/C15H16BrNO2/c1-17(9-10-6-12(16)7-10)15(18)14-8-11-4-2-3-5-13(11)19-14/h2-5,8,10,12H,6-7,9H2,1H3. The number of benzene rings is 1. The number of fused-ring (bicyclic) bond motifs is 1. The van der Waals surface area contributed by atoms with Gasteiger partial charge in [0.2, 0.25) is 0 Å². The Morgan fingerprint density at radius 2 is 2.16 bits per heavy atom. The molecule has 2 aromatic rings. The van der Waals surface area contributed by atoms with Gasteiger partial charge in [0, 0.05) is 23.8 Å². The Bertz CT molecular complexity index is 568. The highest BCUT2D eigenvalue weighted by molar-refractivity contribution is 9.09. The van der Waals surface area contributed by atoms with Crippen LogP contribution in [0.4, 0.5) is 0 Å². The van der Waals surface area contributed by atoms with Gasteiger partial charge in [0.05, 0.1) is 0 Å². The number of amides is 1. The fourth-order valence-electron chi connectivity index (χ4n) is 2.55. The lowest BCUT2D eigenvalue weighted by Gasteiger charge is -2.34. The summed E-state index contributed by atoms with van der Waals surface area (Å²) in [6.45, 7) is 0.804. The lowest BCUT2D eigenvalue weighted by atomic mass is 9.85. The molecule has 0 spiro atoms. The molecule has 0 saturated heterocycles. The maximum absolute atomic E-state index is 12.3. The second-order valence-electron chi connectivity index (χ2n) is 5.27. The molecule has 0 bridgehead atoms. The highest BCUT2D eigenvalue weighted by atomic mass is 79.9. The quantitative estimate of drug-likeness (QED) is 0.808. The first kappa shape index (κ1) is 12.7. The van der Waals surface area contributed by atoms with E-state index < -0.39 is 0 Å². The smallest absolute Gasteiger partial charge is 0.289 e. The summed E-state index contributed by atoms with van der Waals surface area (Å²) >= 11 is 3.57. The van der Waals surface area contributed by atoms with Crippen molar-refractivity contribution in [1.82, 2.24) is 4.90 Å². The number of rotatable bonds is 3. The Kier molecular flexibility index (Phi) is 3.35. The van der Waals surface area contributed by atoms with Crippen LogP contribution in [-0.4, -0.2) is 29.2 Å². The monoisotopic (exact) mass is 321 g/mol. The van der Waals surface area contributed by atoms with Crippen LogP contribution in [-0.2, 0) is 0 Å². The van der Waals surface area contributed by atoms with Crippen molar-refractivity contribution < 1.29 is 9.21 Å². The number of carbonyl (C=O) groups excluding carboxylic acids is 1. The number of nitrogens with zero attached hydrogens (tertiary/aromatic N) is 1. The van der Waals surface area contributed by atoms with E-state index in [1.807, 2.05) is 37.4 Å². The Morgan fingerprint density at radius 3 is 2.84 bits per heavy atom. The molecule has 1 aromatic carbocycles. The third-order valence-corrected chi connectivity index (χ3v) is 4.44. The minimum Gasteiger partial charge on any atom is -0.451 e. The van der Waals surface area contributed by atoms with Crippen LogP contribution in [0.3, 0.4) is 0 Å². The number of furan rings is 1. The van der Waals surface area contributed by atoms with Crippen molar-refractivity contribution in [2.75, 3.05) is 13.6 Å². The third kappa shape index (κ3) is 2.54. The predicted octanol–water partition coefficient (Wildman–Crippen LogP) is 3.68. The average Bonchev–Trinajstić information content (AvgIpc) is 2.79. The van der Waals surface area contributed by atoms with Gasteiger partial charge in [-0.25, -0.2) is 0 Å². The summed E-state index contributed by atoms with van der Waals surface area (Å²) < 4.78 is 5.60. The highest BCUT2D eigenvalue weighted by Gasteiger charge is 2.29. The van der Waals surface area contributed by atoms with E-state index in [1.54, 1.807) is 4.90 Å². The van der Waals surface area contributed by atoms with Crippen molar-refractivity contribution in [3.8, 4) is 0 Å². The normalized spacial score (nSPS) is 22.2. The molecular formula is C15H16BrNO2. The SMILES string of the molecule is CN(CC1CC(Br)C1)C(=O)c1cc2ccccc2o1. The molecule has 1 saturated carbocycles. The van der Waals surface area contributed by atoms with Gasteiger partial charge in [0.25, 0.3) is 5.91 Å². The third-order valence-electron chi connectivity index (χ3n) is 3.69.